The van der Waals surface area contributed by atoms with Crippen molar-refractivity contribution in [2.75, 3.05) is 32.8 Å². The standard InChI is InChI=1S/C13H28N2O/c1-5-13-10-16-7-6-15(13)9-12(4)8-14-11(2)3/h11-14H,5-10H2,1-4H3. The van der Waals surface area contributed by atoms with Gasteiger partial charge in [0.05, 0.1) is 13.2 Å². The Labute approximate surface area is 101 Å². The van der Waals surface area contributed by atoms with E-state index >= 15 is 0 Å². The summed E-state index contributed by atoms with van der Waals surface area (Å²) in [5.74, 6) is 0.717. The van der Waals surface area contributed by atoms with Gasteiger partial charge in [-0.25, -0.2) is 0 Å². The van der Waals surface area contributed by atoms with Crippen LogP contribution in [0.5, 0.6) is 0 Å². The first-order chi connectivity index (χ1) is 7.63. The molecule has 2 unspecified atom stereocenters. The van der Waals surface area contributed by atoms with Crippen molar-refractivity contribution in [2.45, 2.75) is 46.2 Å². The van der Waals surface area contributed by atoms with Gasteiger partial charge in [0.25, 0.3) is 0 Å². The van der Waals surface area contributed by atoms with Gasteiger partial charge < -0.3 is 10.1 Å². The van der Waals surface area contributed by atoms with Gasteiger partial charge in [0.2, 0.25) is 0 Å². The Morgan fingerprint density at radius 3 is 2.75 bits per heavy atom. The molecule has 1 N–H and O–H groups in total. The molecule has 0 aromatic rings. The molecule has 0 spiro atoms. The van der Waals surface area contributed by atoms with Crippen LogP contribution in [-0.2, 0) is 4.74 Å². The fourth-order valence-electron chi connectivity index (χ4n) is 2.21. The number of rotatable bonds is 6. The molecule has 2 atom stereocenters. The quantitative estimate of drug-likeness (QED) is 0.749. The molecule has 0 amide bonds. The van der Waals surface area contributed by atoms with Crippen molar-refractivity contribution < 1.29 is 4.74 Å². The SMILES string of the molecule is CCC1COCCN1CC(C)CNC(C)C. The topological polar surface area (TPSA) is 24.5 Å². The van der Waals surface area contributed by atoms with E-state index in [1.54, 1.807) is 0 Å². The van der Waals surface area contributed by atoms with E-state index in [0.717, 1.165) is 32.2 Å². The number of nitrogens with zero attached hydrogens (tertiary/aromatic N) is 1. The van der Waals surface area contributed by atoms with Crippen LogP contribution in [0.2, 0.25) is 0 Å². The Balaban J connectivity index is 2.27. The number of hydrogen-bond acceptors (Lipinski definition) is 3. The fourth-order valence-corrected chi connectivity index (χ4v) is 2.21. The molecule has 0 aromatic heterocycles. The van der Waals surface area contributed by atoms with Crippen LogP contribution in [-0.4, -0.2) is 49.8 Å². The number of ether oxygens (including phenoxy) is 1. The molecule has 96 valence electrons. The lowest BCUT2D eigenvalue weighted by Crippen LogP contribution is -2.48. The third-order valence-electron chi connectivity index (χ3n) is 3.24. The number of nitrogens with one attached hydrogen (secondary N) is 1. The van der Waals surface area contributed by atoms with E-state index in [2.05, 4.69) is 37.9 Å². The Morgan fingerprint density at radius 2 is 2.12 bits per heavy atom. The zero-order chi connectivity index (χ0) is 12.0. The van der Waals surface area contributed by atoms with Crippen molar-refractivity contribution in [2.24, 2.45) is 5.92 Å². The third kappa shape index (κ3) is 4.81. The van der Waals surface area contributed by atoms with Crippen molar-refractivity contribution in [3.05, 3.63) is 0 Å². The molecule has 0 radical (unpaired) electrons. The monoisotopic (exact) mass is 228 g/mol. The lowest BCUT2D eigenvalue weighted by atomic mass is 10.1. The maximum atomic E-state index is 5.53. The van der Waals surface area contributed by atoms with Crippen molar-refractivity contribution in [3.63, 3.8) is 0 Å². The molecule has 1 aliphatic heterocycles. The van der Waals surface area contributed by atoms with Gasteiger partial charge in [-0.3, -0.25) is 4.90 Å². The van der Waals surface area contributed by atoms with Crippen LogP contribution in [0.4, 0.5) is 0 Å². The highest BCUT2D eigenvalue weighted by molar-refractivity contribution is 4.76. The summed E-state index contributed by atoms with van der Waals surface area (Å²) in [4.78, 5) is 2.59. The lowest BCUT2D eigenvalue weighted by Gasteiger charge is -2.36. The van der Waals surface area contributed by atoms with Gasteiger partial charge in [-0.1, -0.05) is 27.7 Å². The van der Waals surface area contributed by atoms with E-state index < -0.39 is 0 Å². The second-order valence-corrected chi connectivity index (χ2v) is 5.30. The molecular formula is C13H28N2O. The van der Waals surface area contributed by atoms with E-state index in [0.29, 0.717) is 12.1 Å². The van der Waals surface area contributed by atoms with Gasteiger partial charge in [0.1, 0.15) is 0 Å². The second-order valence-electron chi connectivity index (χ2n) is 5.30. The summed E-state index contributed by atoms with van der Waals surface area (Å²) in [7, 11) is 0. The summed E-state index contributed by atoms with van der Waals surface area (Å²) < 4.78 is 5.53. The van der Waals surface area contributed by atoms with Gasteiger partial charge in [-0.2, -0.15) is 0 Å². The van der Waals surface area contributed by atoms with Crippen molar-refractivity contribution in [1.29, 1.82) is 0 Å². The van der Waals surface area contributed by atoms with Gasteiger partial charge >= 0.3 is 0 Å². The summed E-state index contributed by atoms with van der Waals surface area (Å²) in [6.45, 7) is 14.2. The number of hydrogen-bond donors (Lipinski definition) is 1. The molecule has 1 rings (SSSR count). The van der Waals surface area contributed by atoms with Crippen LogP contribution in [0.15, 0.2) is 0 Å². The van der Waals surface area contributed by atoms with Crippen molar-refractivity contribution >= 4 is 0 Å². The molecule has 1 fully saturated rings. The zero-order valence-corrected chi connectivity index (χ0v) is 11.3. The Morgan fingerprint density at radius 1 is 1.38 bits per heavy atom. The van der Waals surface area contributed by atoms with E-state index in [1.807, 2.05) is 0 Å². The average molecular weight is 228 g/mol. The van der Waals surface area contributed by atoms with Gasteiger partial charge in [-0.15, -0.1) is 0 Å². The normalized spacial score (nSPS) is 24.9. The molecular weight excluding hydrogens is 200 g/mol. The molecule has 16 heavy (non-hydrogen) atoms. The summed E-state index contributed by atoms with van der Waals surface area (Å²) >= 11 is 0. The molecule has 1 heterocycles. The summed E-state index contributed by atoms with van der Waals surface area (Å²) in [6, 6.07) is 1.23. The first-order valence-corrected chi connectivity index (χ1v) is 6.68. The van der Waals surface area contributed by atoms with Crippen LogP contribution in [0.25, 0.3) is 0 Å². The molecule has 3 heteroatoms. The molecule has 0 bridgehead atoms. The van der Waals surface area contributed by atoms with E-state index in [1.165, 1.54) is 13.0 Å². The largest absolute Gasteiger partial charge is 0.378 e. The molecule has 3 nitrogen and oxygen atoms in total. The lowest BCUT2D eigenvalue weighted by molar-refractivity contribution is -0.0143. The van der Waals surface area contributed by atoms with Crippen LogP contribution in [0.1, 0.15) is 34.1 Å². The minimum atomic E-state index is 0.592. The van der Waals surface area contributed by atoms with Crippen LogP contribution < -0.4 is 5.32 Å². The smallest absolute Gasteiger partial charge is 0.0622 e. The highest BCUT2D eigenvalue weighted by Crippen LogP contribution is 2.12. The molecule has 1 saturated heterocycles. The summed E-state index contributed by atoms with van der Waals surface area (Å²) in [5.41, 5.74) is 0. The highest BCUT2D eigenvalue weighted by Gasteiger charge is 2.22. The molecule has 1 aliphatic rings. The number of morpholine rings is 1. The predicted octanol–water partition coefficient (Wildman–Crippen LogP) is 1.73. The Hall–Kier alpha value is -0.120. The van der Waals surface area contributed by atoms with E-state index in [4.69, 9.17) is 4.74 Å². The van der Waals surface area contributed by atoms with Crippen molar-refractivity contribution in [1.82, 2.24) is 10.2 Å². The van der Waals surface area contributed by atoms with Crippen LogP contribution in [0, 0.1) is 5.92 Å². The van der Waals surface area contributed by atoms with Gasteiger partial charge in [-0.05, 0) is 18.9 Å². The Bertz CT molecular complexity index is 185. The summed E-state index contributed by atoms with van der Waals surface area (Å²) in [6.07, 6.45) is 1.20. The Kier molecular flexibility index (Phi) is 6.32. The van der Waals surface area contributed by atoms with E-state index in [-0.39, 0.29) is 0 Å². The fraction of sp³-hybridized carbons (Fsp3) is 1.00. The third-order valence-corrected chi connectivity index (χ3v) is 3.24. The predicted molar refractivity (Wildman–Crippen MR) is 68.8 cm³/mol. The minimum absolute atomic E-state index is 0.592. The average Bonchev–Trinajstić information content (AvgIpc) is 2.27. The summed E-state index contributed by atoms with van der Waals surface area (Å²) in [5, 5.41) is 3.51. The van der Waals surface area contributed by atoms with E-state index in [9.17, 15) is 0 Å². The maximum Gasteiger partial charge on any atom is 0.0622 e. The second kappa shape index (κ2) is 7.25. The van der Waals surface area contributed by atoms with Gasteiger partial charge in [0.15, 0.2) is 0 Å². The molecule has 0 aliphatic carbocycles. The minimum Gasteiger partial charge on any atom is -0.378 e. The van der Waals surface area contributed by atoms with Gasteiger partial charge in [0, 0.05) is 25.2 Å². The van der Waals surface area contributed by atoms with Crippen LogP contribution in [0.3, 0.4) is 0 Å². The first kappa shape index (κ1) is 13.9. The molecule has 0 aromatic carbocycles. The van der Waals surface area contributed by atoms with Crippen molar-refractivity contribution in [3.8, 4) is 0 Å². The maximum absolute atomic E-state index is 5.53. The van der Waals surface area contributed by atoms with Crippen LogP contribution >= 0.6 is 0 Å². The zero-order valence-electron chi connectivity index (χ0n) is 11.3. The first-order valence-electron chi connectivity index (χ1n) is 6.68. The highest BCUT2D eigenvalue weighted by atomic mass is 16.5. The molecule has 0 saturated carbocycles.